The van der Waals surface area contributed by atoms with E-state index in [1.54, 1.807) is 26.4 Å². The first-order valence-corrected chi connectivity index (χ1v) is 15.1. The highest BCUT2D eigenvalue weighted by molar-refractivity contribution is 14.1. The molecule has 3 rings (SSSR count). The SMILES string of the molecule is COc1cc2c(cc1OC)CN(CCCCNC(=O)c1cc(I)cc(OC)c1OCCOS(C)(=O)=O)CC2. The third-order valence-electron chi connectivity index (χ3n) is 6.10. The van der Waals surface area contributed by atoms with Gasteiger partial charge in [-0.15, -0.1) is 0 Å². The standard InChI is InChI=1S/C26H35IN2O8S/c1-33-22-13-18-7-10-29(17-19(18)14-23(22)34-2)9-6-5-8-28-26(30)21-15-20(27)16-24(35-3)25(21)36-11-12-37-38(4,31)32/h13-16H,5-12,17H2,1-4H3,(H,28,30). The first-order chi connectivity index (χ1) is 18.1. The highest BCUT2D eigenvalue weighted by atomic mass is 127. The van der Waals surface area contributed by atoms with Crippen LogP contribution in [0.4, 0.5) is 0 Å². The number of hydrogen-bond donors (Lipinski definition) is 1. The summed E-state index contributed by atoms with van der Waals surface area (Å²) in [5.41, 5.74) is 2.87. The number of ether oxygens (including phenoxy) is 4. The Kier molecular flexibility index (Phi) is 11.3. The molecule has 0 atom stereocenters. The molecule has 12 heteroatoms. The molecule has 0 unspecified atom stereocenters. The van der Waals surface area contributed by atoms with Crippen molar-refractivity contribution in [1.82, 2.24) is 10.2 Å². The molecule has 0 aliphatic carbocycles. The van der Waals surface area contributed by atoms with Crippen LogP contribution in [0, 0.1) is 3.57 Å². The van der Waals surface area contributed by atoms with Crippen molar-refractivity contribution in [1.29, 1.82) is 0 Å². The van der Waals surface area contributed by atoms with Gasteiger partial charge in [0.25, 0.3) is 16.0 Å². The van der Waals surface area contributed by atoms with E-state index in [-0.39, 0.29) is 24.9 Å². The van der Waals surface area contributed by atoms with Gasteiger partial charge in [0.1, 0.15) is 13.2 Å². The summed E-state index contributed by atoms with van der Waals surface area (Å²) in [5, 5.41) is 2.96. The number of carbonyl (C=O) groups is 1. The molecule has 0 saturated heterocycles. The number of rotatable bonds is 14. The molecular formula is C26H35IN2O8S. The normalized spacial score (nSPS) is 13.5. The van der Waals surface area contributed by atoms with Crippen LogP contribution in [-0.4, -0.2) is 79.7 Å². The van der Waals surface area contributed by atoms with E-state index < -0.39 is 10.1 Å². The molecule has 0 fully saturated rings. The maximum absolute atomic E-state index is 13.0. The van der Waals surface area contributed by atoms with E-state index in [2.05, 4.69) is 44.9 Å². The van der Waals surface area contributed by atoms with Gasteiger partial charge in [0, 0.05) is 23.2 Å². The highest BCUT2D eigenvalue weighted by Gasteiger charge is 2.21. The number of amides is 1. The smallest absolute Gasteiger partial charge is 0.264 e. The average Bonchev–Trinajstić information content (AvgIpc) is 2.89. The molecule has 2 aromatic carbocycles. The zero-order valence-electron chi connectivity index (χ0n) is 22.2. The molecule has 0 spiro atoms. The van der Waals surface area contributed by atoms with Gasteiger partial charge in [0.2, 0.25) is 0 Å². The predicted molar refractivity (Wildman–Crippen MR) is 152 cm³/mol. The molecule has 1 aliphatic heterocycles. The monoisotopic (exact) mass is 662 g/mol. The van der Waals surface area contributed by atoms with Gasteiger partial charge in [0.15, 0.2) is 23.0 Å². The lowest BCUT2D eigenvalue weighted by Crippen LogP contribution is -2.32. The Balaban J connectivity index is 1.50. The van der Waals surface area contributed by atoms with E-state index in [1.165, 1.54) is 18.2 Å². The van der Waals surface area contributed by atoms with Gasteiger partial charge in [-0.25, -0.2) is 0 Å². The Morgan fingerprint density at radius 2 is 1.66 bits per heavy atom. The summed E-state index contributed by atoms with van der Waals surface area (Å²) < 4.78 is 49.8. The van der Waals surface area contributed by atoms with Crippen molar-refractivity contribution in [3.63, 3.8) is 0 Å². The van der Waals surface area contributed by atoms with E-state index in [4.69, 9.17) is 23.1 Å². The van der Waals surface area contributed by atoms with Crippen molar-refractivity contribution in [2.45, 2.75) is 25.8 Å². The van der Waals surface area contributed by atoms with Crippen LogP contribution in [-0.2, 0) is 27.3 Å². The second-order valence-electron chi connectivity index (χ2n) is 8.82. The Bertz CT molecular complexity index is 1220. The number of fused-ring (bicyclic) bond motifs is 1. The first-order valence-electron chi connectivity index (χ1n) is 12.2. The summed E-state index contributed by atoms with van der Waals surface area (Å²) in [6.07, 6.45) is 3.68. The Morgan fingerprint density at radius 1 is 0.974 bits per heavy atom. The number of benzene rings is 2. The first kappa shape index (κ1) is 30.3. The van der Waals surface area contributed by atoms with Gasteiger partial charge in [-0.1, -0.05) is 0 Å². The van der Waals surface area contributed by atoms with E-state index >= 15 is 0 Å². The number of nitrogens with zero attached hydrogens (tertiary/aromatic N) is 1. The second-order valence-corrected chi connectivity index (χ2v) is 11.7. The molecule has 2 aromatic rings. The molecule has 1 amide bonds. The molecule has 0 saturated carbocycles. The van der Waals surface area contributed by atoms with Gasteiger partial charge in [0.05, 0.1) is 33.1 Å². The summed E-state index contributed by atoms with van der Waals surface area (Å²) in [4.78, 5) is 15.4. The van der Waals surface area contributed by atoms with Crippen molar-refractivity contribution in [2.75, 3.05) is 60.4 Å². The Labute approximate surface area is 238 Å². The lowest BCUT2D eigenvalue weighted by molar-refractivity contribution is 0.0946. The third kappa shape index (κ3) is 8.61. The number of carbonyl (C=O) groups excluding carboxylic acids is 1. The van der Waals surface area contributed by atoms with Crippen LogP contribution in [0.3, 0.4) is 0 Å². The molecule has 0 radical (unpaired) electrons. The highest BCUT2D eigenvalue weighted by Crippen LogP contribution is 2.34. The van der Waals surface area contributed by atoms with Crippen LogP contribution in [0.5, 0.6) is 23.0 Å². The summed E-state index contributed by atoms with van der Waals surface area (Å²) in [7, 11) is 1.20. The molecule has 0 aromatic heterocycles. The quantitative estimate of drug-likeness (QED) is 0.185. The Morgan fingerprint density at radius 3 is 2.32 bits per heavy atom. The zero-order chi connectivity index (χ0) is 27.7. The molecule has 38 heavy (non-hydrogen) atoms. The minimum Gasteiger partial charge on any atom is -0.493 e. The van der Waals surface area contributed by atoms with Crippen molar-refractivity contribution >= 4 is 38.6 Å². The van der Waals surface area contributed by atoms with Gasteiger partial charge in [-0.05, 0) is 83.8 Å². The van der Waals surface area contributed by atoms with Gasteiger partial charge in [-0.2, -0.15) is 8.42 Å². The fraction of sp³-hybridized carbons (Fsp3) is 0.500. The maximum atomic E-state index is 13.0. The molecule has 210 valence electrons. The van der Waals surface area contributed by atoms with Crippen LogP contribution in [0.15, 0.2) is 24.3 Å². The second kappa shape index (κ2) is 14.2. The van der Waals surface area contributed by atoms with Crippen LogP contribution >= 0.6 is 22.6 Å². The predicted octanol–water partition coefficient (Wildman–Crippen LogP) is 3.24. The van der Waals surface area contributed by atoms with Gasteiger partial charge < -0.3 is 24.3 Å². The number of unbranched alkanes of at least 4 members (excludes halogenated alkanes) is 1. The van der Waals surface area contributed by atoms with Crippen LogP contribution in [0.2, 0.25) is 0 Å². The number of hydrogen-bond acceptors (Lipinski definition) is 9. The average molecular weight is 663 g/mol. The van der Waals surface area contributed by atoms with Crippen LogP contribution < -0.4 is 24.3 Å². The van der Waals surface area contributed by atoms with Gasteiger partial charge >= 0.3 is 0 Å². The Hall–Kier alpha value is -2.29. The molecule has 0 bridgehead atoms. The van der Waals surface area contributed by atoms with E-state index in [1.807, 2.05) is 0 Å². The van der Waals surface area contributed by atoms with Crippen molar-refractivity contribution in [2.24, 2.45) is 0 Å². The lowest BCUT2D eigenvalue weighted by Gasteiger charge is -2.29. The van der Waals surface area contributed by atoms with E-state index in [9.17, 15) is 13.2 Å². The molecule has 1 N–H and O–H groups in total. The zero-order valence-corrected chi connectivity index (χ0v) is 25.1. The largest absolute Gasteiger partial charge is 0.493 e. The third-order valence-corrected chi connectivity index (χ3v) is 7.31. The van der Waals surface area contributed by atoms with E-state index in [0.29, 0.717) is 17.9 Å². The molecule has 1 aliphatic rings. The number of halogens is 1. The van der Waals surface area contributed by atoms with Gasteiger partial charge in [-0.3, -0.25) is 13.9 Å². The molecular weight excluding hydrogens is 627 g/mol. The van der Waals surface area contributed by atoms with Crippen LogP contribution in [0.1, 0.15) is 34.3 Å². The summed E-state index contributed by atoms with van der Waals surface area (Å²) in [6.45, 7) is 3.04. The summed E-state index contributed by atoms with van der Waals surface area (Å²) in [5.74, 6) is 1.86. The minimum absolute atomic E-state index is 0.0536. The summed E-state index contributed by atoms with van der Waals surface area (Å²) >= 11 is 2.10. The van der Waals surface area contributed by atoms with E-state index in [0.717, 1.165) is 60.2 Å². The fourth-order valence-electron chi connectivity index (χ4n) is 4.26. The minimum atomic E-state index is -3.58. The van der Waals surface area contributed by atoms with Crippen molar-refractivity contribution < 1.29 is 36.3 Å². The molecule has 1 heterocycles. The van der Waals surface area contributed by atoms with Crippen LogP contribution in [0.25, 0.3) is 0 Å². The fourth-order valence-corrected chi connectivity index (χ4v) is 5.22. The topological polar surface area (TPSA) is 113 Å². The number of methoxy groups -OCH3 is 3. The van der Waals surface area contributed by atoms with Crippen molar-refractivity contribution in [3.8, 4) is 23.0 Å². The molecule has 10 nitrogen and oxygen atoms in total. The maximum Gasteiger partial charge on any atom is 0.264 e. The van der Waals surface area contributed by atoms with Crippen molar-refractivity contribution in [3.05, 3.63) is 44.5 Å². The summed E-state index contributed by atoms with van der Waals surface area (Å²) in [6, 6.07) is 7.58. The number of nitrogens with one attached hydrogen (secondary N) is 1. The lowest BCUT2D eigenvalue weighted by atomic mass is 9.98.